The summed E-state index contributed by atoms with van der Waals surface area (Å²) in [6.45, 7) is 10.5. The van der Waals surface area contributed by atoms with Crippen molar-refractivity contribution in [3.05, 3.63) is 53.7 Å². The standard InChI is InChI=1S/C27H41FN2/c1-4-25(16-21-29-17-6-5-7-18-29)26-12-10-23(11-13-26)8-9-24-14-19-30(20-15-24)22-27(2,3)28/h4,10-13,16,21,24H,5-9,14-15,17-20,22H2,1-3H3/b21-16-,25-4+. The Hall–Kier alpha value is -1.61. The number of nitrogens with zero attached hydrogens (tertiary/aromatic N) is 2. The minimum absolute atomic E-state index is 0.570. The van der Waals surface area contributed by atoms with Crippen molar-refractivity contribution < 1.29 is 4.39 Å². The van der Waals surface area contributed by atoms with Crippen LogP contribution in [-0.4, -0.2) is 48.2 Å². The molecule has 0 bridgehead atoms. The van der Waals surface area contributed by atoms with E-state index in [1.807, 2.05) is 0 Å². The monoisotopic (exact) mass is 412 g/mol. The fourth-order valence-electron chi connectivity index (χ4n) is 4.81. The van der Waals surface area contributed by atoms with Crippen LogP contribution in [0.15, 0.2) is 42.6 Å². The van der Waals surface area contributed by atoms with E-state index in [9.17, 15) is 4.39 Å². The molecule has 2 aliphatic rings. The fourth-order valence-corrected chi connectivity index (χ4v) is 4.81. The Morgan fingerprint density at radius 1 is 1.03 bits per heavy atom. The molecule has 0 aliphatic carbocycles. The zero-order valence-electron chi connectivity index (χ0n) is 19.4. The van der Waals surface area contributed by atoms with E-state index in [1.165, 1.54) is 68.3 Å². The van der Waals surface area contributed by atoms with Crippen molar-refractivity contribution in [2.24, 2.45) is 5.92 Å². The molecule has 0 radical (unpaired) electrons. The molecule has 2 aliphatic heterocycles. The Labute approximate surface area is 183 Å². The number of alkyl halides is 1. The molecule has 0 atom stereocenters. The first-order chi connectivity index (χ1) is 14.4. The van der Waals surface area contributed by atoms with Crippen molar-refractivity contribution in [3.63, 3.8) is 0 Å². The van der Waals surface area contributed by atoms with Crippen LogP contribution in [-0.2, 0) is 6.42 Å². The second kappa shape index (κ2) is 11.1. The molecule has 0 N–H and O–H groups in total. The second-order valence-corrected chi connectivity index (χ2v) is 9.83. The van der Waals surface area contributed by atoms with Gasteiger partial charge in [0, 0.05) is 19.6 Å². The summed E-state index contributed by atoms with van der Waals surface area (Å²) in [6.07, 6.45) is 15.6. The molecule has 0 amide bonds. The van der Waals surface area contributed by atoms with E-state index in [1.54, 1.807) is 13.8 Å². The maximum atomic E-state index is 13.8. The van der Waals surface area contributed by atoms with Crippen molar-refractivity contribution >= 4 is 5.57 Å². The first kappa shape index (κ1) is 23.1. The highest BCUT2D eigenvalue weighted by atomic mass is 19.1. The molecular weight excluding hydrogens is 371 g/mol. The highest BCUT2D eigenvalue weighted by Crippen LogP contribution is 2.25. The lowest BCUT2D eigenvalue weighted by Gasteiger charge is -2.34. The van der Waals surface area contributed by atoms with Crippen LogP contribution in [0.3, 0.4) is 0 Å². The van der Waals surface area contributed by atoms with Gasteiger partial charge in [-0.2, -0.15) is 0 Å². The van der Waals surface area contributed by atoms with Gasteiger partial charge in [0.2, 0.25) is 0 Å². The Bertz CT molecular complexity index is 685. The van der Waals surface area contributed by atoms with Gasteiger partial charge in [-0.25, -0.2) is 4.39 Å². The highest BCUT2D eigenvalue weighted by molar-refractivity contribution is 5.73. The molecular formula is C27H41FN2. The minimum atomic E-state index is -1.08. The van der Waals surface area contributed by atoms with E-state index in [-0.39, 0.29) is 0 Å². The molecule has 30 heavy (non-hydrogen) atoms. The summed E-state index contributed by atoms with van der Waals surface area (Å²) in [5, 5.41) is 0. The Kier molecular flexibility index (Phi) is 8.56. The average Bonchev–Trinajstić information content (AvgIpc) is 2.74. The lowest BCUT2D eigenvalue weighted by Crippen LogP contribution is -2.41. The summed E-state index contributed by atoms with van der Waals surface area (Å²) in [6, 6.07) is 9.15. The number of likely N-dealkylation sites (tertiary alicyclic amines) is 2. The molecule has 0 saturated carbocycles. The zero-order valence-corrected chi connectivity index (χ0v) is 19.4. The lowest BCUT2D eigenvalue weighted by molar-refractivity contribution is 0.0943. The van der Waals surface area contributed by atoms with Gasteiger partial charge in [-0.15, -0.1) is 0 Å². The summed E-state index contributed by atoms with van der Waals surface area (Å²) in [5.41, 5.74) is 2.96. The van der Waals surface area contributed by atoms with Crippen molar-refractivity contribution in [2.45, 2.75) is 71.4 Å². The molecule has 1 aromatic rings. The average molecular weight is 413 g/mol. The van der Waals surface area contributed by atoms with E-state index < -0.39 is 5.67 Å². The Morgan fingerprint density at radius 2 is 1.70 bits per heavy atom. The van der Waals surface area contributed by atoms with Crippen LogP contribution < -0.4 is 0 Å². The van der Waals surface area contributed by atoms with Crippen LogP contribution in [0.4, 0.5) is 4.39 Å². The van der Waals surface area contributed by atoms with Crippen LogP contribution in [0.2, 0.25) is 0 Å². The maximum absolute atomic E-state index is 13.8. The van der Waals surface area contributed by atoms with E-state index >= 15 is 0 Å². The van der Waals surface area contributed by atoms with Gasteiger partial charge in [0.1, 0.15) is 5.67 Å². The molecule has 0 aromatic heterocycles. The molecule has 2 heterocycles. The second-order valence-electron chi connectivity index (χ2n) is 9.83. The van der Waals surface area contributed by atoms with Crippen LogP contribution in [0.25, 0.3) is 5.57 Å². The van der Waals surface area contributed by atoms with Crippen LogP contribution >= 0.6 is 0 Å². The minimum Gasteiger partial charge on any atom is -0.377 e. The van der Waals surface area contributed by atoms with Gasteiger partial charge in [-0.1, -0.05) is 30.3 Å². The maximum Gasteiger partial charge on any atom is 0.118 e. The molecule has 0 spiro atoms. The fraction of sp³-hybridized carbons (Fsp3) is 0.630. The topological polar surface area (TPSA) is 6.48 Å². The van der Waals surface area contributed by atoms with Gasteiger partial charge in [-0.3, -0.25) is 0 Å². The van der Waals surface area contributed by atoms with Gasteiger partial charge in [0.25, 0.3) is 0 Å². The third-order valence-electron chi connectivity index (χ3n) is 6.60. The summed E-state index contributed by atoms with van der Waals surface area (Å²) in [7, 11) is 0. The normalized spacial score (nSPS) is 20.3. The number of piperidine rings is 2. The van der Waals surface area contributed by atoms with Gasteiger partial charge in [-0.05, 0) is 114 Å². The van der Waals surface area contributed by atoms with Crippen LogP contribution in [0, 0.1) is 5.92 Å². The molecule has 2 nitrogen and oxygen atoms in total. The molecule has 0 unspecified atom stereocenters. The third-order valence-corrected chi connectivity index (χ3v) is 6.60. The zero-order chi connectivity index (χ0) is 21.4. The first-order valence-corrected chi connectivity index (χ1v) is 12.0. The molecule has 3 rings (SSSR count). The van der Waals surface area contributed by atoms with Crippen LogP contribution in [0.5, 0.6) is 0 Å². The summed E-state index contributed by atoms with van der Waals surface area (Å²) >= 11 is 0. The van der Waals surface area contributed by atoms with E-state index in [0.717, 1.165) is 25.4 Å². The van der Waals surface area contributed by atoms with Gasteiger partial charge in [0.15, 0.2) is 0 Å². The predicted molar refractivity (Wildman–Crippen MR) is 127 cm³/mol. The van der Waals surface area contributed by atoms with Crippen LogP contribution in [0.1, 0.15) is 70.4 Å². The number of allylic oxidation sites excluding steroid dienone is 3. The Morgan fingerprint density at radius 3 is 2.30 bits per heavy atom. The van der Waals surface area contributed by atoms with Gasteiger partial charge in [0.05, 0.1) is 0 Å². The molecule has 3 heteroatoms. The number of benzene rings is 1. The lowest BCUT2D eigenvalue weighted by atomic mass is 9.90. The van der Waals surface area contributed by atoms with Crippen molar-refractivity contribution in [1.29, 1.82) is 0 Å². The molecule has 2 saturated heterocycles. The Balaban J connectivity index is 1.44. The van der Waals surface area contributed by atoms with Crippen molar-refractivity contribution in [3.8, 4) is 0 Å². The molecule has 2 fully saturated rings. The first-order valence-electron chi connectivity index (χ1n) is 12.0. The highest BCUT2D eigenvalue weighted by Gasteiger charge is 2.25. The number of halogens is 1. The SMILES string of the molecule is C/C=C(\C=C/N1CCCCC1)c1ccc(CCC2CCN(CC(C)(C)F)CC2)cc1. The summed E-state index contributed by atoms with van der Waals surface area (Å²) in [5.74, 6) is 0.780. The quantitative estimate of drug-likeness (QED) is 0.451. The number of aryl methyl sites for hydroxylation is 1. The third kappa shape index (κ3) is 7.58. The van der Waals surface area contributed by atoms with E-state index in [4.69, 9.17) is 0 Å². The largest absolute Gasteiger partial charge is 0.377 e. The smallest absolute Gasteiger partial charge is 0.118 e. The predicted octanol–water partition coefficient (Wildman–Crippen LogP) is 6.48. The van der Waals surface area contributed by atoms with Crippen molar-refractivity contribution in [2.75, 3.05) is 32.7 Å². The number of rotatable bonds is 8. The summed E-state index contributed by atoms with van der Waals surface area (Å²) < 4.78 is 13.8. The van der Waals surface area contributed by atoms with Crippen molar-refractivity contribution in [1.82, 2.24) is 9.80 Å². The number of hydrogen-bond donors (Lipinski definition) is 0. The molecule has 1 aromatic carbocycles. The number of hydrogen-bond acceptors (Lipinski definition) is 2. The molecule has 166 valence electrons. The van der Waals surface area contributed by atoms with Gasteiger partial charge < -0.3 is 9.80 Å². The summed E-state index contributed by atoms with van der Waals surface area (Å²) in [4.78, 5) is 4.74. The van der Waals surface area contributed by atoms with E-state index in [2.05, 4.69) is 59.3 Å². The van der Waals surface area contributed by atoms with Gasteiger partial charge >= 0.3 is 0 Å². The van der Waals surface area contributed by atoms with E-state index in [0.29, 0.717) is 6.54 Å².